The Bertz CT molecular complexity index is 1020. The number of rotatable bonds is 3. The van der Waals surface area contributed by atoms with Crippen molar-refractivity contribution in [2.45, 2.75) is 12.0 Å². The van der Waals surface area contributed by atoms with Crippen molar-refractivity contribution in [2.75, 3.05) is 5.32 Å². The summed E-state index contributed by atoms with van der Waals surface area (Å²) in [5.74, 6) is 0. The summed E-state index contributed by atoms with van der Waals surface area (Å²) < 4.78 is 31.9. The maximum atomic E-state index is 12.3. The van der Waals surface area contributed by atoms with Gasteiger partial charge >= 0.3 is 6.03 Å². The molecule has 0 fully saturated rings. The molecule has 0 aliphatic carbocycles. The monoisotopic (exact) mass is 396 g/mol. The first kappa shape index (κ1) is 17.7. The molecule has 0 spiro atoms. The van der Waals surface area contributed by atoms with Crippen molar-refractivity contribution in [3.05, 3.63) is 53.1 Å². The van der Waals surface area contributed by atoms with Crippen LogP contribution in [0.15, 0.2) is 52.0 Å². The average Bonchev–Trinajstić information content (AvgIpc) is 2.95. The maximum absolute atomic E-state index is 12.3. The quantitative estimate of drug-likeness (QED) is 0.664. The molecule has 1 unspecified atom stereocenters. The van der Waals surface area contributed by atoms with Crippen molar-refractivity contribution < 1.29 is 17.6 Å². The number of urea groups is 1. The molecule has 3 aromatic rings. The van der Waals surface area contributed by atoms with E-state index in [1.165, 1.54) is 6.07 Å². The summed E-state index contributed by atoms with van der Waals surface area (Å²) in [6, 6.07) is 10.6. The fourth-order valence-corrected chi connectivity index (χ4v) is 4.08. The number of anilines is 1. The second-order valence-electron chi connectivity index (χ2n) is 5.35. The normalized spacial score (nSPS) is 11.5. The van der Waals surface area contributed by atoms with Crippen molar-refractivity contribution in [1.29, 1.82) is 0 Å². The molecule has 9 heteroatoms. The Kier molecular flexibility index (Phi) is 4.73. The third kappa shape index (κ3) is 3.79. The highest BCUT2D eigenvalue weighted by Gasteiger charge is 2.23. The van der Waals surface area contributed by atoms with Gasteiger partial charge in [0.2, 0.25) is 5.09 Å². The molecule has 6 nitrogen and oxygen atoms in total. The first-order valence-electron chi connectivity index (χ1n) is 7.14. The molecule has 2 amide bonds. The highest BCUT2D eigenvalue weighted by atomic mass is 35.5. The van der Waals surface area contributed by atoms with Gasteiger partial charge in [-0.1, -0.05) is 29.8 Å². The molecular weight excluding hydrogens is 383 g/mol. The van der Waals surface area contributed by atoms with E-state index in [-0.39, 0.29) is 5.09 Å². The van der Waals surface area contributed by atoms with E-state index < -0.39 is 16.1 Å². The smallest absolute Gasteiger partial charge is 0.333 e. The Morgan fingerprint density at radius 3 is 2.60 bits per heavy atom. The number of para-hydroxylation sites is 1. The van der Waals surface area contributed by atoms with Crippen LogP contribution in [-0.4, -0.2) is 14.4 Å². The minimum Gasteiger partial charge on any atom is -0.443 e. The molecule has 1 heterocycles. The van der Waals surface area contributed by atoms with Gasteiger partial charge in [-0.25, -0.2) is 9.52 Å². The minimum absolute atomic E-state index is 0.331. The Hall–Kier alpha value is -2.08. The summed E-state index contributed by atoms with van der Waals surface area (Å²) in [6.45, 7) is 1.75. The van der Waals surface area contributed by atoms with E-state index in [2.05, 4.69) is 14.6 Å². The van der Waals surface area contributed by atoms with E-state index in [1.54, 1.807) is 43.3 Å². The number of hydrogen-bond donors (Lipinski definition) is 2. The highest BCUT2D eigenvalue weighted by Crippen LogP contribution is 2.23. The molecule has 0 saturated heterocycles. The predicted octanol–water partition coefficient (Wildman–Crippen LogP) is 3.41. The van der Waals surface area contributed by atoms with Crippen molar-refractivity contribution >= 4 is 58.9 Å². The van der Waals surface area contributed by atoms with Crippen molar-refractivity contribution in [1.82, 2.24) is 4.72 Å². The summed E-state index contributed by atoms with van der Waals surface area (Å²) in [6.07, 6.45) is 0. The van der Waals surface area contributed by atoms with Crippen LogP contribution in [0.1, 0.15) is 5.56 Å². The first-order chi connectivity index (χ1) is 11.8. The van der Waals surface area contributed by atoms with Crippen molar-refractivity contribution in [3.63, 3.8) is 0 Å². The zero-order chi connectivity index (χ0) is 18.2. The number of carbonyl (C=O) groups is 1. The van der Waals surface area contributed by atoms with Gasteiger partial charge in [0, 0.05) is 16.5 Å². The van der Waals surface area contributed by atoms with Crippen molar-refractivity contribution in [3.8, 4) is 0 Å². The summed E-state index contributed by atoms with van der Waals surface area (Å²) in [7, 11) is -1.70. The lowest BCUT2D eigenvalue weighted by Gasteiger charge is -2.12. The van der Waals surface area contributed by atoms with Gasteiger partial charge in [0.1, 0.15) is 5.58 Å². The van der Waals surface area contributed by atoms with Crippen LogP contribution in [0, 0.1) is 6.92 Å². The molecule has 130 valence electrons. The predicted molar refractivity (Wildman–Crippen MR) is 101 cm³/mol. The van der Waals surface area contributed by atoms with E-state index in [9.17, 15) is 13.2 Å². The fourth-order valence-electron chi connectivity index (χ4n) is 2.34. The summed E-state index contributed by atoms with van der Waals surface area (Å²) in [5, 5.41) is 3.97. The number of halogens is 1. The van der Waals surface area contributed by atoms with Crippen molar-refractivity contribution in [2.24, 2.45) is 0 Å². The molecule has 0 aliphatic rings. The van der Waals surface area contributed by atoms with Gasteiger partial charge in [-0.3, -0.25) is 0 Å². The van der Waals surface area contributed by atoms with Crippen LogP contribution < -0.4 is 15.3 Å². The number of benzene rings is 2. The Morgan fingerprint density at radius 2 is 1.92 bits per heavy atom. The average molecular weight is 397 g/mol. The van der Waals surface area contributed by atoms with E-state index in [0.29, 0.717) is 32.5 Å². The highest BCUT2D eigenvalue weighted by molar-refractivity contribution is 7.90. The van der Waals surface area contributed by atoms with Crippen LogP contribution in [0.3, 0.4) is 0 Å². The number of sulfonamides is 1. The molecule has 0 radical (unpaired) electrons. The van der Waals surface area contributed by atoms with Crippen LogP contribution in [-0.2, 0) is 10.0 Å². The van der Waals surface area contributed by atoms with Gasteiger partial charge in [0.15, 0.2) is 0 Å². The fraction of sp³-hybridized carbons (Fsp3) is 0.0625. The van der Waals surface area contributed by atoms with Crippen LogP contribution in [0.4, 0.5) is 10.5 Å². The number of carbonyl (C=O) groups excluding carboxylic acids is 1. The lowest BCUT2D eigenvalue weighted by molar-refractivity contribution is 0.256. The van der Waals surface area contributed by atoms with Gasteiger partial charge in [-0.05, 0) is 36.0 Å². The topological polar surface area (TPSA) is 88.4 Å². The molecular formula is C16H14ClN2O4PS. The van der Waals surface area contributed by atoms with Crippen LogP contribution in [0.25, 0.3) is 11.0 Å². The minimum atomic E-state index is -4.14. The second kappa shape index (κ2) is 6.67. The summed E-state index contributed by atoms with van der Waals surface area (Å²) in [5.41, 5.74) is 1.59. The molecule has 2 aromatic carbocycles. The van der Waals surface area contributed by atoms with Gasteiger partial charge in [-0.2, -0.15) is 8.42 Å². The van der Waals surface area contributed by atoms with Gasteiger partial charge in [-0.15, -0.1) is 9.24 Å². The summed E-state index contributed by atoms with van der Waals surface area (Å²) >= 11 is 5.93. The van der Waals surface area contributed by atoms with Gasteiger partial charge in [0.05, 0.1) is 5.69 Å². The molecule has 0 saturated carbocycles. The van der Waals surface area contributed by atoms with Crippen LogP contribution >= 0.6 is 20.8 Å². The maximum Gasteiger partial charge on any atom is 0.333 e. The third-order valence-corrected chi connectivity index (χ3v) is 5.32. The SMILES string of the molecule is Cc1cc(Cl)cc(P)c1NC(=O)NS(=O)(=O)c1cc2ccccc2o1. The first-order valence-corrected chi connectivity index (χ1v) is 9.58. The van der Waals surface area contributed by atoms with E-state index in [4.69, 9.17) is 16.0 Å². The molecule has 2 N–H and O–H groups in total. The third-order valence-electron chi connectivity index (χ3n) is 3.46. The number of hydrogen-bond acceptors (Lipinski definition) is 4. The van der Waals surface area contributed by atoms with E-state index in [0.717, 1.165) is 0 Å². The summed E-state index contributed by atoms with van der Waals surface area (Å²) in [4.78, 5) is 12.1. The molecule has 0 aliphatic heterocycles. The Labute approximate surface area is 151 Å². The van der Waals surface area contributed by atoms with E-state index in [1.807, 2.05) is 4.72 Å². The number of fused-ring (bicyclic) bond motifs is 1. The van der Waals surface area contributed by atoms with Gasteiger partial charge < -0.3 is 9.73 Å². The molecule has 0 bridgehead atoms. The van der Waals surface area contributed by atoms with Gasteiger partial charge in [0.25, 0.3) is 10.0 Å². The number of aryl methyl sites for hydroxylation is 1. The van der Waals surface area contributed by atoms with Crippen LogP contribution in [0.2, 0.25) is 5.02 Å². The Morgan fingerprint density at radius 1 is 1.20 bits per heavy atom. The number of nitrogens with one attached hydrogen (secondary N) is 2. The molecule has 25 heavy (non-hydrogen) atoms. The molecule has 1 aromatic heterocycles. The standard InChI is InChI=1S/C16H14ClN2O4PS/c1-9-6-11(17)8-13(24)15(9)18-16(20)19-25(21,22)14-7-10-4-2-3-5-12(10)23-14/h2-8H,24H2,1H3,(H2,18,19,20). The lowest BCUT2D eigenvalue weighted by atomic mass is 10.2. The largest absolute Gasteiger partial charge is 0.443 e. The zero-order valence-corrected chi connectivity index (χ0v) is 15.8. The lowest BCUT2D eigenvalue weighted by Crippen LogP contribution is -2.35. The second-order valence-corrected chi connectivity index (χ2v) is 8.02. The molecule has 3 rings (SSSR count). The number of furan rings is 1. The van der Waals surface area contributed by atoms with E-state index >= 15 is 0 Å². The zero-order valence-electron chi connectivity index (χ0n) is 13.0. The molecule has 1 atom stereocenters. The Balaban J connectivity index is 1.82. The number of amides is 2. The van der Waals surface area contributed by atoms with Crippen LogP contribution in [0.5, 0.6) is 0 Å².